The van der Waals surface area contributed by atoms with Crippen molar-refractivity contribution in [1.29, 1.82) is 0 Å². The molecule has 12 heteroatoms. The Kier molecular flexibility index (Phi) is 4.19. The molecule has 1 aliphatic heterocycles. The summed E-state index contributed by atoms with van der Waals surface area (Å²) in [6, 6.07) is 0. The van der Waals surface area contributed by atoms with Gasteiger partial charge in [-0.05, 0) is 0 Å². The van der Waals surface area contributed by atoms with E-state index in [4.69, 9.17) is 15.6 Å². The Morgan fingerprint density at radius 1 is 1.38 bits per heavy atom. The van der Waals surface area contributed by atoms with Gasteiger partial charge in [0.05, 0.1) is 6.61 Å². The van der Waals surface area contributed by atoms with E-state index in [0.717, 1.165) is 0 Å². The first-order chi connectivity index (χ1) is 11.4. The van der Waals surface area contributed by atoms with Crippen LogP contribution in [0, 0.1) is 0 Å². The highest BCUT2D eigenvalue weighted by Crippen LogP contribution is 2.34. The lowest BCUT2D eigenvalue weighted by molar-refractivity contribution is -0.134. The number of aliphatic hydroxyl groups is 3. The number of carbonyl (C=O) groups is 1. The van der Waals surface area contributed by atoms with Gasteiger partial charge in [-0.25, -0.2) is 15.0 Å². The molecule has 0 radical (unpaired) electrons. The molecule has 2 aromatic rings. The summed E-state index contributed by atoms with van der Waals surface area (Å²) in [6.07, 6.45) is -3.69. The van der Waals surface area contributed by atoms with Crippen LogP contribution >= 0.6 is 0 Å². The topological polar surface area (TPSA) is 189 Å². The van der Waals surface area contributed by atoms with Gasteiger partial charge < -0.3 is 36.2 Å². The van der Waals surface area contributed by atoms with E-state index >= 15 is 0 Å². The SMILES string of the molecule is Nc1ncnc2c1nc(NCC(=O)O)n2[C@@H]1O[C@H](CO)[C@@H](O)[C@H]1O. The molecule has 2 aromatic heterocycles. The van der Waals surface area contributed by atoms with Crippen LogP contribution in [0.1, 0.15) is 6.23 Å². The number of hydrogen-bond donors (Lipinski definition) is 6. The number of carboxylic acids is 1. The molecule has 1 saturated heterocycles. The highest BCUT2D eigenvalue weighted by Gasteiger charge is 2.45. The Balaban J connectivity index is 2.09. The number of aliphatic carboxylic acids is 1. The van der Waals surface area contributed by atoms with Crippen LogP contribution in [0.4, 0.5) is 11.8 Å². The average Bonchev–Trinajstić information content (AvgIpc) is 3.05. The number of carboxylic acid groups (broad SMARTS) is 1. The van der Waals surface area contributed by atoms with Crippen LogP contribution in [-0.2, 0) is 9.53 Å². The maximum atomic E-state index is 10.8. The fraction of sp³-hybridized carbons (Fsp3) is 0.500. The molecule has 0 aliphatic carbocycles. The summed E-state index contributed by atoms with van der Waals surface area (Å²) in [5.41, 5.74) is 6.11. The van der Waals surface area contributed by atoms with Crippen LogP contribution in [0.5, 0.6) is 0 Å². The highest BCUT2D eigenvalue weighted by atomic mass is 16.6. The van der Waals surface area contributed by atoms with Gasteiger partial charge in [-0.1, -0.05) is 0 Å². The first-order valence-corrected chi connectivity index (χ1v) is 7.00. The van der Waals surface area contributed by atoms with Gasteiger partial charge in [0.15, 0.2) is 23.2 Å². The molecule has 0 saturated carbocycles. The molecular formula is C12H16N6O6. The Morgan fingerprint density at radius 3 is 2.75 bits per heavy atom. The fourth-order valence-corrected chi connectivity index (χ4v) is 2.54. The van der Waals surface area contributed by atoms with E-state index in [1.165, 1.54) is 10.9 Å². The summed E-state index contributed by atoms with van der Waals surface area (Å²) < 4.78 is 6.74. The van der Waals surface area contributed by atoms with Crippen LogP contribution in [0.2, 0.25) is 0 Å². The quantitative estimate of drug-likeness (QED) is 0.338. The second-order valence-corrected chi connectivity index (χ2v) is 5.21. The summed E-state index contributed by atoms with van der Waals surface area (Å²) in [5, 5.41) is 40.7. The Hall–Kier alpha value is -2.54. The second kappa shape index (κ2) is 6.16. The lowest BCUT2D eigenvalue weighted by Gasteiger charge is -2.19. The minimum Gasteiger partial charge on any atom is -0.480 e. The third kappa shape index (κ3) is 2.60. The molecule has 0 spiro atoms. The third-order valence-corrected chi connectivity index (χ3v) is 3.67. The molecule has 12 nitrogen and oxygen atoms in total. The lowest BCUT2D eigenvalue weighted by atomic mass is 10.1. The van der Waals surface area contributed by atoms with E-state index in [2.05, 4.69) is 20.3 Å². The normalized spacial score (nSPS) is 26.8. The van der Waals surface area contributed by atoms with Gasteiger partial charge in [-0.2, -0.15) is 0 Å². The van der Waals surface area contributed by atoms with Crippen molar-refractivity contribution in [2.45, 2.75) is 24.5 Å². The van der Waals surface area contributed by atoms with Crippen molar-refractivity contribution in [3.63, 3.8) is 0 Å². The van der Waals surface area contributed by atoms with Crippen molar-refractivity contribution >= 4 is 28.9 Å². The largest absolute Gasteiger partial charge is 0.480 e. The molecule has 0 amide bonds. The lowest BCUT2D eigenvalue weighted by Crippen LogP contribution is -2.33. The number of aliphatic hydroxyl groups excluding tert-OH is 3. The van der Waals surface area contributed by atoms with E-state index in [1.54, 1.807) is 0 Å². The predicted octanol–water partition coefficient (Wildman–Crippen LogP) is -2.48. The molecule has 0 unspecified atom stereocenters. The number of nitrogen functional groups attached to an aromatic ring is 1. The van der Waals surface area contributed by atoms with E-state index in [1.807, 2.05) is 0 Å². The van der Waals surface area contributed by atoms with E-state index in [9.17, 15) is 20.1 Å². The number of imidazole rings is 1. The van der Waals surface area contributed by atoms with Gasteiger partial charge in [0, 0.05) is 0 Å². The first-order valence-electron chi connectivity index (χ1n) is 7.00. The zero-order chi connectivity index (χ0) is 17.4. The van der Waals surface area contributed by atoms with Crippen LogP contribution in [0.25, 0.3) is 11.2 Å². The molecule has 3 heterocycles. The summed E-state index contributed by atoms with van der Waals surface area (Å²) >= 11 is 0. The number of hydrogen-bond acceptors (Lipinski definition) is 10. The summed E-state index contributed by atoms with van der Waals surface area (Å²) in [7, 11) is 0. The van der Waals surface area contributed by atoms with Gasteiger partial charge in [0.25, 0.3) is 0 Å². The summed E-state index contributed by atoms with van der Waals surface area (Å²) in [5.74, 6) is -1.05. The van der Waals surface area contributed by atoms with E-state index in [0.29, 0.717) is 0 Å². The molecule has 24 heavy (non-hydrogen) atoms. The summed E-state index contributed by atoms with van der Waals surface area (Å²) in [4.78, 5) is 22.8. The number of fused-ring (bicyclic) bond motifs is 1. The molecule has 130 valence electrons. The zero-order valence-electron chi connectivity index (χ0n) is 12.3. The van der Waals surface area contributed by atoms with Gasteiger partial charge in [0.2, 0.25) is 5.95 Å². The minimum absolute atomic E-state index is 0.0226. The number of rotatable bonds is 5. The van der Waals surface area contributed by atoms with Gasteiger partial charge >= 0.3 is 5.97 Å². The summed E-state index contributed by atoms with van der Waals surface area (Å²) in [6.45, 7) is -0.957. The van der Waals surface area contributed by atoms with Crippen molar-refractivity contribution in [2.24, 2.45) is 0 Å². The van der Waals surface area contributed by atoms with Crippen molar-refractivity contribution in [3.05, 3.63) is 6.33 Å². The van der Waals surface area contributed by atoms with Gasteiger partial charge in [-0.3, -0.25) is 9.36 Å². The van der Waals surface area contributed by atoms with Crippen LogP contribution in [0.15, 0.2) is 6.33 Å². The molecular weight excluding hydrogens is 324 g/mol. The monoisotopic (exact) mass is 340 g/mol. The number of aromatic nitrogens is 4. The van der Waals surface area contributed by atoms with Crippen molar-refractivity contribution < 1.29 is 30.0 Å². The van der Waals surface area contributed by atoms with E-state index < -0.39 is 43.7 Å². The Morgan fingerprint density at radius 2 is 2.12 bits per heavy atom. The standard InChI is InChI=1S/C12H16N6O6/c13-9-6-10(16-3-15-9)18(12(17-6)14-1-5(20)21)11-8(23)7(22)4(2-19)24-11/h3-4,7-8,11,19,22-23H,1-2H2,(H,14,17)(H,20,21)(H2,13,15,16)/t4-,7-,8-,11-/m1/s1. The average molecular weight is 340 g/mol. The highest BCUT2D eigenvalue weighted by molar-refractivity contribution is 5.84. The maximum Gasteiger partial charge on any atom is 0.322 e. The molecule has 4 atom stereocenters. The number of nitrogens with zero attached hydrogens (tertiary/aromatic N) is 4. The van der Waals surface area contributed by atoms with Crippen molar-refractivity contribution in [2.75, 3.05) is 24.2 Å². The van der Waals surface area contributed by atoms with Crippen molar-refractivity contribution in [1.82, 2.24) is 19.5 Å². The number of anilines is 2. The second-order valence-electron chi connectivity index (χ2n) is 5.21. The van der Waals surface area contributed by atoms with Crippen LogP contribution in [0.3, 0.4) is 0 Å². The minimum atomic E-state index is -1.39. The van der Waals surface area contributed by atoms with E-state index in [-0.39, 0.29) is 22.9 Å². The fourth-order valence-electron chi connectivity index (χ4n) is 2.54. The first kappa shape index (κ1) is 16.3. The van der Waals surface area contributed by atoms with Gasteiger partial charge in [0.1, 0.15) is 31.2 Å². The van der Waals surface area contributed by atoms with Gasteiger partial charge in [-0.15, -0.1) is 0 Å². The van der Waals surface area contributed by atoms with Crippen LogP contribution in [-0.4, -0.2) is 77.4 Å². The Bertz CT molecular complexity index is 766. The third-order valence-electron chi connectivity index (χ3n) is 3.67. The maximum absolute atomic E-state index is 10.8. The number of nitrogens with two attached hydrogens (primary N) is 1. The molecule has 1 fully saturated rings. The molecule has 0 bridgehead atoms. The van der Waals surface area contributed by atoms with Crippen LogP contribution < -0.4 is 11.1 Å². The molecule has 0 aromatic carbocycles. The Labute approximate surface area is 134 Å². The van der Waals surface area contributed by atoms with Crippen molar-refractivity contribution in [3.8, 4) is 0 Å². The zero-order valence-corrected chi connectivity index (χ0v) is 12.3. The number of nitrogens with one attached hydrogen (secondary N) is 1. The number of ether oxygens (including phenoxy) is 1. The molecule has 3 rings (SSSR count). The smallest absolute Gasteiger partial charge is 0.322 e. The predicted molar refractivity (Wildman–Crippen MR) is 78.9 cm³/mol. The molecule has 7 N–H and O–H groups in total. The molecule has 1 aliphatic rings.